The van der Waals surface area contributed by atoms with Crippen LogP contribution in [0.4, 0.5) is 0 Å². The molecule has 1 fully saturated rings. The van der Waals surface area contributed by atoms with Crippen LogP contribution >= 0.6 is 23.5 Å². The Balaban J connectivity index is 2.05. The summed E-state index contributed by atoms with van der Waals surface area (Å²) >= 11 is 3.80. The van der Waals surface area contributed by atoms with E-state index in [0.29, 0.717) is 22.2 Å². The van der Waals surface area contributed by atoms with Crippen LogP contribution in [0.2, 0.25) is 0 Å². The zero-order valence-corrected chi connectivity index (χ0v) is 11.5. The van der Waals surface area contributed by atoms with Gasteiger partial charge in [-0.05, 0) is 0 Å². The highest BCUT2D eigenvalue weighted by atomic mass is 32.2. The maximum atomic E-state index is 8.92. The fraction of sp³-hybridized carbons (Fsp3) is 0.800. The number of nitrogens with zero attached hydrogens (tertiary/aromatic N) is 2. The van der Waals surface area contributed by atoms with Gasteiger partial charge in [-0.2, -0.15) is 16.7 Å². The minimum absolute atomic E-state index is 0.179. The molecule has 1 saturated heterocycles. The third-order valence-corrected chi connectivity index (χ3v) is 6.20. The summed E-state index contributed by atoms with van der Waals surface area (Å²) < 4.78 is 5.06. The molecule has 0 aromatic carbocycles. The molecule has 4 atom stereocenters. The first-order valence-corrected chi connectivity index (χ1v) is 7.58. The van der Waals surface area contributed by atoms with Gasteiger partial charge < -0.3 is 15.4 Å². The Bertz CT molecular complexity index is 374. The monoisotopic (exact) mass is 275 g/mol. The number of hydrogen-bond acceptors (Lipinski definition) is 7. The van der Waals surface area contributed by atoms with Gasteiger partial charge in [0.15, 0.2) is 5.82 Å². The number of aromatic nitrogens is 2. The molecule has 0 radical (unpaired) electrons. The van der Waals surface area contributed by atoms with Gasteiger partial charge in [0.2, 0.25) is 5.89 Å². The number of aliphatic hydroxyl groups excluding tert-OH is 1. The van der Waals surface area contributed by atoms with E-state index in [0.717, 1.165) is 5.75 Å². The number of aliphatic hydroxyl groups is 1. The van der Waals surface area contributed by atoms with Crippen molar-refractivity contribution in [3.8, 4) is 0 Å². The van der Waals surface area contributed by atoms with Gasteiger partial charge in [0.25, 0.3) is 0 Å². The number of thioether (sulfide) groups is 2. The van der Waals surface area contributed by atoms with Crippen molar-refractivity contribution in [1.82, 2.24) is 10.1 Å². The first-order valence-electron chi connectivity index (χ1n) is 5.58. The summed E-state index contributed by atoms with van der Waals surface area (Å²) in [7, 11) is 0. The third-order valence-electron chi connectivity index (χ3n) is 2.81. The van der Waals surface area contributed by atoms with Crippen LogP contribution in [0.25, 0.3) is 0 Å². The summed E-state index contributed by atoms with van der Waals surface area (Å²) in [6.45, 7) is 4.28. The van der Waals surface area contributed by atoms with Crippen molar-refractivity contribution in [2.24, 2.45) is 5.73 Å². The average Bonchev–Trinajstić information content (AvgIpc) is 2.81. The molecule has 7 heteroatoms. The summed E-state index contributed by atoms with van der Waals surface area (Å²) in [5, 5.41) is 14.4. The molecule has 5 nitrogen and oxygen atoms in total. The average molecular weight is 275 g/mol. The predicted molar refractivity (Wildman–Crippen MR) is 70.0 cm³/mol. The molecule has 2 heterocycles. The largest absolute Gasteiger partial charge is 0.394 e. The second kappa shape index (κ2) is 5.60. The zero-order chi connectivity index (χ0) is 12.4. The molecule has 2 rings (SSSR count). The summed E-state index contributed by atoms with van der Waals surface area (Å²) in [5.41, 5.74) is 5.63. The number of rotatable bonds is 3. The predicted octanol–water partition coefficient (Wildman–Crippen LogP) is 1.36. The molecule has 4 unspecified atom stereocenters. The van der Waals surface area contributed by atoms with E-state index in [1.807, 2.05) is 23.5 Å². The Morgan fingerprint density at radius 2 is 2.29 bits per heavy atom. The Morgan fingerprint density at radius 3 is 2.94 bits per heavy atom. The Labute approximate surface area is 109 Å². The first-order chi connectivity index (χ1) is 8.11. The molecule has 17 heavy (non-hydrogen) atoms. The van der Waals surface area contributed by atoms with Crippen LogP contribution in [-0.4, -0.2) is 38.1 Å². The van der Waals surface area contributed by atoms with Crippen LogP contribution in [0.3, 0.4) is 0 Å². The van der Waals surface area contributed by atoms with Crippen molar-refractivity contribution < 1.29 is 9.63 Å². The molecule has 1 aromatic heterocycles. The highest BCUT2D eigenvalue weighted by Gasteiger charge is 2.30. The number of hydrogen-bond donors (Lipinski definition) is 2. The maximum Gasteiger partial charge on any atom is 0.245 e. The lowest BCUT2D eigenvalue weighted by Gasteiger charge is -2.29. The van der Waals surface area contributed by atoms with E-state index < -0.39 is 6.04 Å². The number of nitrogens with two attached hydrogens (primary N) is 1. The Hall–Kier alpha value is -0.240. The smallest absolute Gasteiger partial charge is 0.245 e. The SMILES string of the molecule is CC1SCC(c2noc(C(N)CO)n2)SC1C. The quantitative estimate of drug-likeness (QED) is 0.861. The van der Waals surface area contributed by atoms with Crippen molar-refractivity contribution in [3.63, 3.8) is 0 Å². The molecule has 0 saturated carbocycles. The fourth-order valence-corrected chi connectivity index (χ4v) is 4.36. The Morgan fingerprint density at radius 1 is 1.53 bits per heavy atom. The molecule has 0 amide bonds. The lowest BCUT2D eigenvalue weighted by molar-refractivity contribution is 0.236. The molecular weight excluding hydrogens is 258 g/mol. The van der Waals surface area contributed by atoms with Gasteiger partial charge in [-0.3, -0.25) is 0 Å². The van der Waals surface area contributed by atoms with E-state index in [1.54, 1.807) is 0 Å². The third kappa shape index (κ3) is 2.96. The molecule has 1 aromatic rings. The summed E-state index contributed by atoms with van der Waals surface area (Å²) in [4.78, 5) is 4.27. The van der Waals surface area contributed by atoms with Crippen molar-refractivity contribution in [1.29, 1.82) is 0 Å². The van der Waals surface area contributed by atoms with Crippen LogP contribution < -0.4 is 5.73 Å². The van der Waals surface area contributed by atoms with Crippen LogP contribution in [0.1, 0.15) is 36.9 Å². The molecule has 3 N–H and O–H groups in total. The molecule has 0 bridgehead atoms. The van der Waals surface area contributed by atoms with Crippen molar-refractivity contribution in [2.75, 3.05) is 12.4 Å². The second-order valence-corrected chi connectivity index (χ2v) is 7.14. The summed E-state index contributed by atoms with van der Waals surface area (Å²) in [6, 6.07) is -0.575. The highest BCUT2D eigenvalue weighted by molar-refractivity contribution is 8.07. The van der Waals surface area contributed by atoms with E-state index >= 15 is 0 Å². The molecule has 0 spiro atoms. The molecule has 1 aliphatic heterocycles. The van der Waals surface area contributed by atoms with Gasteiger partial charge in [-0.1, -0.05) is 19.0 Å². The van der Waals surface area contributed by atoms with Crippen LogP contribution in [0, 0.1) is 0 Å². The van der Waals surface area contributed by atoms with E-state index in [9.17, 15) is 0 Å². The molecular formula is C10H17N3O2S2. The van der Waals surface area contributed by atoms with Crippen LogP contribution in [0.5, 0.6) is 0 Å². The van der Waals surface area contributed by atoms with Gasteiger partial charge in [-0.15, -0.1) is 11.8 Å². The molecule has 96 valence electrons. The van der Waals surface area contributed by atoms with Crippen molar-refractivity contribution in [3.05, 3.63) is 11.7 Å². The standard InChI is InChI=1S/C10H17N3O2S2/c1-5-6(2)17-8(4-16-5)9-12-10(15-13-9)7(11)3-14/h5-8,14H,3-4,11H2,1-2H3. The lowest BCUT2D eigenvalue weighted by atomic mass is 10.3. The van der Waals surface area contributed by atoms with Gasteiger partial charge in [0.05, 0.1) is 11.9 Å². The summed E-state index contributed by atoms with van der Waals surface area (Å²) in [5.74, 6) is 2.00. The van der Waals surface area contributed by atoms with Gasteiger partial charge in [0, 0.05) is 16.3 Å². The van der Waals surface area contributed by atoms with Gasteiger partial charge >= 0.3 is 0 Å². The van der Waals surface area contributed by atoms with E-state index in [-0.39, 0.29) is 11.9 Å². The molecule has 0 aliphatic carbocycles. The lowest BCUT2D eigenvalue weighted by Crippen LogP contribution is -2.22. The van der Waals surface area contributed by atoms with Gasteiger partial charge in [0.1, 0.15) is 6.04 Å². The Kier molecular flexibility index (Phi) is 4.35. The van der Waals surface area contributed by atoms with E-state index in [4.69, 9.17) is 15.4 Å². The van der Waals surface area contributed by atoms with Gasteiger partial charge in [-0.25, -0.2) is 0 Å². The van der Waals surface area contributed by atoms with E-state index in [2.05, 4.69) is 24.0 Å². The topological polar surface area (TPSA) is 85.2 Å². The fourth-order valence-electron chi connectivity index (χ4n) is 1.53. The first kappa shape index (κ1) is 13.2. The summed E-state index contributed by atoms with van der Waals surface area (Å²) in [6.07, 6.45) is 0. The van der Waals surface area contributed by atoms with E-state index in [1.165, 1.54) is 0 Å². The molecule has 1 aliphatic rings. The van der Waals surface area contributed by atoms with Crippen LogP contribution in [-0.2, 0) is 0 Å². The zero-order valence-electron chi connectivity index (χ0n) is 9.87. The van der Waals surface area contributed by atoms with Crippen molar-refractivity contribution in [2.45, 2.75) is 35.6 Å². The minimum atomic E-state index is -0.575. The normalized spacial score (nSPS) is 31.4. The highest BCUT2D eigenvalue weighted by Crippen LogP contribution is 2.43. The second-order valence-electron chi connectivity index (χ2n) is 4.15. The minimum Gasteiger partial charge on any atom is -0.394 e. The van der Waals surface area contributed by atoms with Crippen LogP contribution in [0.15, 0.2) is 4.52 Å². The maximum absolute atomic E-state index is 8.92. The van der Waals surface area contributed by atoms with Crippen molar-refractivity contribution >= 4 is 23.5 Å².